The Balaban J connectivity index is 1.87. The third kappa shape index (κ3) is 3.88. The molecule has 2 aromatic rings. The van der Waals surface area contributed by atoms with E-state index in [9.17, 15) is 8.42 Å². The van der Waals surface area contributed by atoms with E-state index in [1.807, 2.05) is 50.2 Å². The molecule has 0 aliphatic heterocycles. The van der Waals surface area contributed by atoms with Crippen molar-refractivity contribution in [2.75, 3.05) is 7.11 Å². The number of fused-ring (bicyclic) bond motifs is 1. The molecule has 0 amide bonds. The highest BCUT2D eigenvalue weighted by atomic mass is 32.2. The number of methoxy groups -OCH3 is 1. The van der Waals surface area contributed by atoms with Crippen LogP contribution in [-0.2, 0) is 22.9 Å². The van der Waals surface area contributed by atoms with Crippen LogP contribution < -0.4 is 9.46 Å². The summed E-state index contributed by atoms with van der Waals surface area (Å²) in [5.74, 6) is 0.880. The number of aryl methyl sites for hydroxylation is 2. The van der Waals surface area contributed by atoms with Crippen LogP contribution >= 0.6 is 0 Å². The number of hydrogen-bond acceptors (Lipinski definition) is 3. The Hall–Kier alpha value is -1.85. The molecule has 1 N–H and O–H groups in total. The van der Waals surface area contributed by atoms with Gasteiger partial charge in [0.2, 0.25) is 10.0 Å². The van der Waals surface area contributed by atoms with Gasteiger partial charge < -0.3 is 4.74 Å². The van der Waals surface area contributed by atoms with Crippen LogP contribution in [0.15, 0.2) is 47.4 Å². The van der Waals surface area contributed by atoms with Gasteiger partial charge >= 0.3 is 0 Å². The first kappa shape index (κ1) is 18.0. The normalized spacial score (nSPS) is 15.2. The van der Waals surface area contributed by atoms with Gasteiger partial charge in [0.25, 0.3) is 0 Å². The second kappa shape index (κ2) is 7.18. The fraction of sp³-hybridized carbons (Fsp3) is 0.400. The lowest BCUT2D eigenvalue weighted by Gasteiger charge is -2.23. The van der Waals surface area contributed by atoms with Crippen molar-refractivity contribution in [3.63, 3.8) is 0 Å². The zero-order chi connectivity index (χ0) is 18.0. The number of benzene rings is 2. The van der Waals surface area contributed by atoms with E-state index in [0.717, 1.165) is 36.1 Å². The zero-order valence-electron chi connectivity index (χ0n) is 15.0. The zero-order valence-corrected chi connectivity index (χ0v) is 15.8. The SMILES string of the molecule is COc1ccc([C@@H](NS(=O)(=O)c2ccc3c(c2)CCC3)C(C)C)cc1. The summed E-state index contributed by atoms with van der Waals surface area (Å²) in [6, 6.07) is 12.7. The molecule has 0 saturated carbocycles. The van der Waals surface area contributed by atoms with E-state index in [1.165, 1.54) is 5.56 Å². The van der Waals surface area contributed by atoms with Gasteiger partial charge in [-0.1, -0.05) is 32.0 Å². The Morgan fingerprint density at radius 1 is 1.00 bits per heavy atom. The summed E-state index contributed by atoms with van der Waals surface area (Å²) in [4.78, 5) is 0.354. The molecule has 25 heavy (non-hydrogen) atoms. The predicted octanol–water partition coefficient (Wildman–Crippen LogP) is 3.86. The van der Waals surface area contributed by atoms with Gasteiger partial charge in [-0.2, -0.15) is 0 Å². The number of rotatable bonds is 6. The second-order valence-corrected chi connectivity index (χ2v) is 8.61. The van der Waals surface area contributed by atoms with Gasteiger partial charge in [0.05, 0.1) is 12.0 Å². The summed E-state index contributed by atoms with van der Waals surface area (Å²) in [6.45, 7) is 4.03. The molecule has 3 rings (SSSR count). The Morgan fingerprint density at radius 2 is 1.68 bits per heavy atom. The highest BCUT2D eigenvalue weighted by Gasteiger charge is 2.25. The first-order valence-corrected chi connectivity index (χ1v) is 10.2. The van der Waals surface area contributed by atoms with Crippen LogP contribution in [-0.4, -0.2) is 15.5 Å². The Bertz CT molecular complexity index is 842. The Morgan fingerprint density at radius 3 is 2.32 bits per heavy atom. The molecule has 0 unspecified atom stereocenters. The van der Waals surface area contributed by atoms with Crippen LogP contribution in [0.25, 0.3) is 0 Å². The first-order chi connectivity index (χ1) is 11.9. The van der Waals surface area contributed by atoms with Crippen molar-refractivity contribution in [3.8, 4) is 5.75 Å². The minimum atomic E-state index is -3.57. The molecule has 0 radical (unpaired) electrons. The Labute approximate surface area is 150 Å². The van der Waals surface area contributed by atoms with E-state index >= 15 is 0 Å². The van der Waals surface area contributed by atoms with Crippen LogP contribution in [0, 0.1) is 5.92 Å². The van der Waals surface area contributed by atoms with Crippen LogP contribution in [0.2, 0.25) is 0 Å². The van der Waals surface area contributed by atoms with Crippen molar-refractivity contribution in [1.82, 2.24) is 4.72 Å². The molecule has 134 valence electrons. The van der Waals surface area contributed by atoms with E-state index in [2.05, 4.69) is 4.72 Å². The molecule has 0 spiro atoms. The second-order valence-electron chi connectivity index (χ2n) is 6.90. The maximum absolute atomic E-state index is 12.9. The predicted molar refractivity (Wildman–Crippen MR) is 99.4 cm³/mol. The molecule has 1 aliphatic carbocycles. The third-order valence-corrected chi connectivity index (χ3v) is 6.24. The summed E-state index contributed by atoms with van der Waals surface area (Å²) in [6.07, 6.45) is 3.11. The van der Waals surface area contributed by atoms with E-state index in [0.29, 0.717) is 4.90 Å². The molecule has 2 aromatic carbocycles. The van der Waals surface area contributed by atoms with Gasteiger partial charge in [-0.25, -0.2) is 13.1 Å². The topological polar surface area (TPSA) is 55.4 Å². The molecule has 0 fully saturated rings. The summed E-state index contributed by atoms with van der Waals surface area (Å²) >= 11 is 0. The van der Waals surface area contributed by atoms with Gasteiger partial charge in [-0.05, 0) is 66.1 Å². The standard InChI is InChI=1S/C20H25NO3S/c1-14(2)20(16-7-10-18(24-3)11-8-16)21-25(22,23)19-12-9-15-5-4-6-17(15)13-19/h7-14,20-21H,4-6H2,1-3H3/t20-/m0/s1. The lowest BCUT2D eigenvalue weighted by Crippen LogP contribution is -2.31. The minimum absolute atomic E-state index is 0.123. The summed E-state index contributed by atoms with van der Waals surface area (Å²) in [7, 11) is -1.95. The van der Waals surface area contributed by atoms with Crippen LogP contribution in [0.4, 0.5) is 0 Å². The van der Waals surface area contributed by atoms with Crippen molar-refractivity contribution in [2.24, 2.45) is 5.92 Å². The van der Waals surface area contributed by atoms with Crippen molar-refractivity contribution in [1.29, 1.82) is 0 Å². The van der Waals surface area contributed by atoms with Crippen molar-refractivity contribution >= 4 is 10.0 Å². The number of hydrogen-bond donors (Lipinski definition) is 1. The maximum atomic E-state index is 12.9. The van der Waals surface area contributed by atoms with Crippen LogP contribution in [0.3, 0.4) is 0 Å². The number of nitrogens with one attached hydrogen (secondary N) is 1. The molecule has 0 aromatic heterocycles. The largest absolute Gasteiger partial charge is 0.497 e. The van der Waals surface area contributed by atoms with Crippen molar-refractivity contribution in [3.05, 3.63) is 59.2 Å². The van der Waals surface area contributed by atoms with E-state index in [1.54, 1.807) is 13.2 Å². The van der Waals surface area contributed by atoms with E-state index in [-0.39, 0.29) is 12.0 Å². The van der Waals surface area contributed by atoms with Gasteiger partial charge in [0.15, 0.2) is 0 Å². The van der Waals surface area contributed by atoms with Gasteiger partial charge in [-0.3, -0.25) is 0 Å². The average Bonchev–Trinajstić information content (AvgIpc) is 3.07. The lowest BCUT2D eigenvalue weighted by atomic mass is 9.97. The van der Waals surface area contributed by atoms with Gasteiger partial charge in [0.1, 0.15) is 5.75 Å². The van der Waals surface area contributed by atoms with Crippen molar-refractivity contribution in [2.45, 2.75) is 44.0 Å². The van der Waals surface area contributed by atoms with Gasteiger partial charge in [0, 0.05) is 6.04 Å². The highest BCUT2D eigenvalue weighted by Crippen LogP contribution is 2.28. The van der Waals surface area contributed by atoms with Crippen LogP contribution in [0.5, 0.6) is 5.75 Å². The molecule has 0 bridgehead atoms. The quantitative estimate of drug-likeness (QED) is 0.852. The minimum Gasteiger partial charge on any atom is -0.497 e. The highest BCUT2D eigenvalue weighted by molar-refractivity contribution is 7.89. The maximum Gasteiger partial charge on any atom is 0.241 e. The molecule has 4 nitrogen and oxygen atoms in total. The molecule has 1 aliphatic rings. The molecule has 0 heterocycles. The van der Waals surface area contributed by atoms with Crippen LogP contribution in [0.1, 0.15) is 43.0 Å². The number of ether oxygens (including phenoxy) is 1. The molecule has 0 saturated heterocycles. The van der Waals surface area contributed by atoms with E-state index < -0.39 is 10.0 Å². The third-order valence-electron chi connectivity index (χ3n) is 4.80. The summed E-state index contributed by atoms with van der Waals surface area (Å²) in [5.41, 5.74) is 3.36. The van der Waals surface area contributed by atoms with E-state index in [4.69, 9.17) is 4.74 Å². The fourth-order valence-corrected chi connectivity index (χ4v) is 4.77. The molecule has 1 atom stereocenters. The van der Waals surface area contributed by atoms with Gasteiger partial charge in [-0.15, -0.1) is 0 Å². The smallest absolute Gasteiger partial charge is 0.241 e. The average molecular weight is 359 g/mol. The fourth-order valence-electron chi connectivity index (χ4n) is 3.35. The first-order valence-electron chi connectivity index (χ1n) is 8.69. The molecular formula is C20H25NO3S. The summed E-state index contributed by atoms with van der Waals surface area (Å²) < 4.78 is 33.9. The number of sulfonamides is 1. The Kier molecular flexibility index (Phi) is 5.16. The molecule has 5 heteroatoms. The summed E-state index contributed by atoms with van der Waals surface area (Å²) in [5, 5.41) is 0. The monoisotopic (exact) mass is 359 g/mol. The molecular weight excluding hydrogens is 334 g/mol. The lowest BCUT2D eigenvalue weighted by molar-refractivity contribution is 0.413. The van der Waals surface area contributed by atoms with Crippen molar-refractivity contribution < 1.29 is 13.2 Å².